The van der Waals surface area contributed by atoms with Gasteiger partial charge in [-0.15, -0.1) is 0 Å². The summed E-state index contributed by atoms with van der Waals surface area (Å²) in [6, 6.07) is 4.49. The van der Waals surface area contributed by atoms with Crippen molar-refractivity contribution in [1.82, 2.24) is 10.6 Å². The molecular formula is C13H16ClFN2O. The second-order valence-corrected chi connectivity index (χ2v) is 4.87. The molecule has 2 N–H and O–H groups in total. The minimum absolute atomic E-state index is 0.0277. The smallest absolute Gasteiger partial charge is 0.251 e. The number of amides is 1. The Hall–Kier alpha value is -1.13. The molecule has 1 heterocycles. The van der Waals surface area contributed by atoms with E-state index in [1.165, 1.54) is 24.6 Å². The molecule has 1 aromatic rings. The average molecular weight is 271 g/mol. The number of carbonyl (C=O) groups excluding carboxylic acids is 1. The van der Waals surface area contributed by atoms with E-state index in [-0.39, 0.29) is 10.9 Å². The maximum Gasteiger partial charge on any atom is 0.251 e. The minimum atomic E-state index is -0.511. The van der Waals surface area contributed by atoms with Crippen LogP contribution in [0.25, 0.3) is 0 Å². The number of hydrogen-bond donors (Lipinski definition) is 2. The van der Waals surface area contributed by atoms with Crippen LogP contribution in [0.15, 0.2) is 18.2 Å². The van der Waals surface area contributed by atoms with E-state index in [9.17, 15) is 9.18 Å². The first-order valence-corrected chi connectivity index (χ1v) is 6.51. The molecule has 5 heteroatoms. The van der Waals surface area contributed by atoms with Gasteiger partial charge >= 0.3 is 0 Å². The van der Waals surface area contributed by atoms with Crippen molar-refractivity contribution in [2.45, 2.75) is 25.3 Å². The number of hydrogen-bond acceptors (Lipinski definition) is 2. The number of carbonyl (C=O) groups is 1. The lowest BCUT2D eigenvalue weighted by Crippen LogP contribution is -2.30. The van der Waals surface area contributed by atoms with Crippen LogP contribution >= 0.6 is 11.6 Å². The van der Waals surface area contributed by atoms with E-state index in [0.29, 0.717) is 18.2 Å². The molecular weight excluding hydrogens is 255 g/mol. The summed E-state index contributed by atoms with van der Waals surface area (Å²) in [5, 5.41) is 6.15. The molecule has 0 saturated carbocycles. The van der Waals surface area contributed by atoms with Gasteiger partial charge in [0.2, 0.25) is 0 Å². The van der Waals surface area contributed by atoms with Crippen LogP contribution in [0, 0.1) is 5.82 Å². The van der Waals surface area contributed by atoms with E-state index in [0.717, 1.165) is 19.4 Å². The highest BCUT2D eigenvalue weighted by Gasteiger charge is 2.14. The third-order valence-corrected chi connectivity index (χ3v) is 3.41. The summed E-state index contributed by atoms with van der Waals surface area (Å²) in [5.74, 6) is -0.724. The molecule has 0 aromatic heterocycles. The summed E-state index contributed by atoms with van der Waals surface area (Å²) < 4.78 is 12.9. The van der Waals surface area contributed by atoms with Gasteiger partial charge in [-0.05, 0) is 44.0 Å². The third-order valence-electron chi connectivity index (χ3n) is 3.12. The van der Waals surface area contributed by atoms with Gasteiger partial charge in [0.1, 0.15) is 5.82 Å². The highest BCUT2D eigenvalue weighted by molar-refractivity contribution is 6.31. The molecule has 18 heavy (non-hydrogen) atoms. The summed E-state index contributed by atoms with van der Waals surface area (Å²) in [4.78, 5) is 11.8. The molecule has 1 aromatic carbocycles. The third kappa shape index (κ3) is 3.43. The van der Waals surface area contributed by atoms with Crippen LogP contribution in [0.4, 0.5) is 4.39 Å². The van der Waals surface area contributed by atoms with Gasteiger partial charge in [0.25, 0.3) is 5.91 Å². The largest absolute Gasteiger partial charge is 0.352 e. The minimum Gasteiger partial charge on any atom is -0.352 e. The second-order valence-electron chi connectivity index (χ2n) is 4.47. The van der Waals surface area contributed by atoms with E-state index in [2.05, 4.69) is 10.6 Å². The van der Waals surface area contributed by atoms with Crippen LogP contribution in [-0.2, 0) is 0 Å². The van der Waals surface area contributed by atoms with Crippen molar-refractivity contribution in [2.75, 3.05) is 13.1 Å². The number of benzene rings is 1. The van der Waals surface area contributed by atoms with Gasteiger partial charge in [-0.25, -0.2) is 4.39 Å². The molecule has 1 atom stereocenters. The predicted octanol–water partition coefficient (Wildman–Crippen LogP) is 2.35. The normalized spacial score (nSPS) is 18.9. The fraction of sp³-hybridized carbons (Fsp3) is 0.462. The van der Waals surface area contributed by atoms with E-state index in [4.69, 9.17) is 11.6 Å². The van der Waals surface area contributed by atoms with Crippen LogP contribution < -0.4 is 10.6 Å². The molecule has 98 valence electrons. The van der Waals surface area contributed by atoms with E-state index in [1.807, 2.05) is 0 Å². The van der Waals surface area contributed by atoms with Gasteiger partial charge in [-0.1, -0.05) is 11.6 Å². The van der Waals surface area contributed by atoms with E-state index >= 15 is 0 Å². The molecule has 0 aliphatic carbocycles. The summed E-state index contributed by atoms with van der Waals surface area (Å²) in [6.07, 6.45) is 3.28. The monoisotopic (exact) mass is 270 g/mol. The second kappa shape index (κ2) is 6.16. The Labute approximate surface area is 111 Å². The van der Waals surface area contributed by atoms with Crippen molar-refractivity contribution in [1.29, 1.82) is 0 Å². The van der Waals surface area contributed by atoms with Gasteiger partial charge in [0.15, 0.2) is 0 Å². The highest BCUT2D eigenvalue weighted by Crippen LogP contribution is 2.16. The SMILES string of the molecule is O=C(NCCC1CCCN1)c1ccc(F)c(Cl)c1. The number of nitrogens with one attached hydrogen (secondary N) is 2. The molecule has 1 aliphatic heterocycles. The van der Waals surface area contributed by atoms with Crippen LogP contribution in [0.1, 0.15) is 29.6 Å². The molecule has 2 rings (SSSR count). The van der Waals surface area contributed by atoms with Crippen molar-refractivity contribution in [3.05, 3.63) is 34.6 Å². The fourth-order valence-corrected chi connectivity index (χ4v) is 2.28. The Kier molecular flexibility index (Phi) is 4.55. The zero-order valence-electron chi connectivity index (χ0n) is 10.0. The Morgan fingerprint density at radius 3 is 3.06 bits per heavy atom. The van der Waals surface area contributed by atoms with Crippen LogP contribution in [0.5, 0.6) is 0 Å². The molecule has 1 aliphatic rings. The van der Waals surface area contributed by atoms with Crippen molar-refractivity contribution in [3.8, 4) is 0 Å². The summed E-state index contributed by atoms with van der Waals surface area (Å²) in [7, 11) is 0. The Morgan fingerprint density at radius 1 is 1.56 bits per heavy atom. The molecule has 1 saturated heterocycles. The fourth-order valence-electron chi connectivity index (χ4n) is 2.10. The Morgan fingerprint density at radius 2 is 2.39 bits per heavy atom. The lowest BCUT2D eigenvalue weighted by molar-refractivity contribution is 0.0952. The summed E-state index contributed by atoms with van der Waals surface area (Å²) in [5.41, 5.74) is 0.390. The maximum absolute atomic E-state index is 12.9. The first-order valence-electron chi connectivity index (χ1n) is 6.13. The molecule has 1 amide bonds. The van der Waals surface area contributed by atoms with Gasteiger partial charge in [-0.2, -0.15) is 0 Å². The quantitative estimate of drug-likeness (QED) is 0.882. The van der Waals surface area contributed by atoms with Crippen molar-refractivity contribution >= 4 is 17.5 Å². The summed E-state index contributed by atoms with van der Waals surface area (Å²) >= 11 is 5.63. The van der Waals surface area contributed by atoms with Gasteiger partial charge in [0.05, 0.1) is 5.02 Å². The topological polar surface area (TPSA) is 41.1 Å². The lowest BCUT2D eigenvalue weighted by atomic mass is 10.1. The van der Waals surface area contributed by atoms with Gasteiger partial charge < -0.3 is 10.6 Å². The van der Waals surface area contributed by atoms with Gasteiger partial charge in [-0.3, -0.25) is 4.79 Å². The molecule has 1 unspecified atom stereocenters. The molecule has 0 bridgehead atoms. The standard InChI is InChI=1S/C13H16ClFN2O/c14-11-8-9(3-4-12(11)15)13(18)17-7-5-10-2-1-6-16-10/h3-4,8,10,16H,1-2,5-7H2,(H,17,18). The van der Waals surface area contributed by atoms with E-state index < -0.39 is 5.82 Å². The van der Waals surface area contributed by atoms with Crippen LogP contribution in [0.3, 0.4) is 0 Å². The van der Waals surface area contributed by atoms with E-state index in [1.54, 1.807) is 0 Å². The zero-order chi connectivity index (χ0) is 13.0. The average Bonchev–Trinajstić information content (AvgIpc) is 2.85. The van der Waals surface area contributed by atoms with Crippen molar-refractivity contribution in [3.63, 3.8) is 0 Å². The molecule has 0 spiro atoms. The van der Waals surface area contributed by atoms with Crippen molar-refractivity contribution in [2.24, 2.45) is 0 Å². The van der Waals surface area contributed by atoms with Crippen LogP contribution in [0.2, 0.25) is 5.02 Å². The van der Waals surface area contributed by atoms with Gasteiger partial charge in [0, 0.05) is 18.2 Å². The zero-order valence-corrected chi connectivity index (χ0v) is 10.8. The number of halogens is 2. The lowest BCUT2D eigenvalue weighted by Gasteiger charge is -2.10. The summed E-state index contributed by atoms with van der Waals surface area (Å²) in [6.45, 7) is 1.68. The molecule has 1 fully saturated rings. The Balaban J connectivity index is 1.81. The first kappa shape index (κ1) is 13.3. The Bertz CT molecular complexity index is 433. The first-order chi connectivity index (χ1) is 8.66. The van der Waals surface area contributed by atoms with Crippen molar-refractivity contribution < 1.29 is 9.18 Å². The van der Waals surface area contributed by atoms with Crippen LogP contribution in [-0.4, -0.2) is 25.0 Å². The molecule has 3 nitrogen and oxygen atoms in total. The molecule has 0 radical (unpaired) electrons. The maximum atomic E-state index is 12.9. The number of rotatable bonds is 4. The highest BCUT2D eigenvalue weighted by atomic mass is 35.5. The predicted molar refractivity (Wildman–Crippen MR) is 69.4 cm³/mol.